The van der Waals surface area contributed by atoms with Gasteiger partial charge in [0, 0.05) is 61.0 Å². The normalized spacial score (nSPS) is 14.9. The Morgan fingerprint density at radius 1 is 0.871 bits per heavy atom. The molecule has 0 bridgehead atoms. The van der Waals surface area contributed by atoms with Gasteiger partial charge in [0.2, 0.25) is 5.89 Å². The minimum Gasteiger partial charge on any atom is -0.411 e. The number of hydrogen-bond donors (Lipinski definition) is 0. The highest BCUT2D eigenvalue weighted by Crippen LogP contribution is 2.28. The highest BCUT2D eigenvalue weighted by atomic mass is 32.2. The summed E-state index contributed by atoms with van der Waals surface area (Å²) in [6.07, 6.45) is 4.56. The molecule has 1 aliphatic heterocycles. The van der Waals surface area contributed by atoms with Gasteiger partial charge in [0.25, 0.3) is 5.22 Å². The molecule has 2 aromatic carbocycles. The first-order valence-corrected chi connectivity index (χ1v) is 11.7. The Morgan fingerprint density at radius 2 is 1.68 bits per heavy atom. The second-order valence-electron chi connectivity index (χ2n) is 7.64. The zero-order valence-electron chi connectivity index (χ0n) is 17.4. The average Bonchev–Trinajstić information content (AvgIpc) is 3.32. The summed E-state index contributed by atoms with van der Waals surface area (Å²) in [6, 6.07) is 19.0. The van der Waals surface area contributed by atoms with Crippen LogP contribution < -0.4 is 4.90 Å². The van der Waals surface area contributed by atoms with E-state index in [0.717, 1.165) is 50.5 Å². The van der Waals surface area contributed by atoms with Crippen molar-refractivity contribution < 1.29 is 4.42 Å². The van der Waals surface area contributed by atoms with E-state index in [-0.39, 0.29) is 0 Å². The fraction of sp³-hybridized carbons (Fsp3) is 0.292. The first-order valence-electron chi connectivity index (χ1n) is 10.7. The molecule has 1 fully saturated rings. The number of thioether (sulfide) groups is 1. The van der Waals surface area contributed by atoms with Gasteiger partial charge < -0.3 is 9.32 Å². The summed E-state index contributed by atoms with van der Waals surface area (Å²) >= 11 is 1.63. The number of benzene rings is 2. The highest BCUT2D eigenvalue weighted by Gasteiger charge is 2.18. The van der Waals surface area contributed by atoms with Crippen LogP contribution in [0, 0.1) is 0 Å². The molecule has 5 rings (SSSR count). The second-order valence-corrected chi connectivity index (χ2v) is 8.68. The molecule has 31 heavy (non-hydrogen) atoms. The fourth-order valence-corrected chi connectivity index (χ4v) is 4.71. The van der Waals surface area contributed by atoms with E-state index in [2.05, 4.69) is 67.4 Å². The van der Waals surface area contributed by atoms with Crippen molar-refractivity contribution in [1.29, 1.82) is 0 Å². The van der Waals surface area contributed by atoms with Crippen molar-refractivity contribution in [1.82, 2.24) is 20.1 Å². The Labute approximate surface area is 186 Å². The Kier molecular flexibility index (Phi) is 6.13. The third-order valence-corrected chi connectivity index (χ3v) is 6.56. The van der Waals surface area contributed by atoms with Gasteiger partial charge in [0.15, 0.2) is 0 Å². The number of hydrogen-bond acceptors (Lipinski definition) is 7. The SMILES string of the molecule is c1ccc2c(N3CCN(CCCSc4nnc(-c5ccncc5)o4)CC3)cccc2c1. The Balaban J connectivity index is 1.08. The summed E-state index contributed by atoms with van der Waals surface area (Å²) in [4.78, 5) is 9.09. The molecule has 3 heterocycles. The maximum Gasteiger partial charge on any atom is 0.276 e. The summed E-state index contributed by atoms with van der Waals surface area (Å²) in [5.74, 6) is 1.52. The number of aromatic nitrogens is 3. The monoisotopic (exact) mass is 431 g/mol. The van der Waals surface area contributed by atoms with Crippen LogP contribution in [0.5, 0.6) is 0 Å². The molecular weight excluding hydrogens is 406 g/mol. The lowest BCUT2D eigenvalue weighted by molar-refractivity contribution is 0.259. The van der Waals surface area contributed by atoms with Crippen molar-refractivity contribution in [3.8, 4) is 11.5 Å². The van der Waals surface area contributed by atoms with Crippen molar-refractivity contribution >= 4 is 28.2 Å². The minimum absolute atomic E-state index is 0.550. The van der Waals surface area contributed by atoms with Crippen molar-refractivity contribution in [3.05, 3.63) is 67.0 Å². The van der Waals surface area contributed by atoms with E-state index in [0.29, 0.717) is 11.1 Å². The lowest BCUT2D eigenvalue weighted by atomic mass is 10.1. The lowest BCUT2D eigenvalue weighted by Crippen LogP contribution is -2.46. The van der Waals surface area contributed by atoms with Crippen molar-refractivity contribution in [3.63, 3.8) is 0 Å². The van der Waals surface area contributed by atoms with Crippen LogP contribution in [-0.2, 0) is 0 Å². The predicted octanol–water partition coefficient (Wildman–Crippen LogP) is 4.59. The van der Waals surface area contributed by atoms with Crippen LogP contribution in [0.2, 0.25) is 0 Å². The number of anilines is 1. The molecule has 0 amide bonds. The summed E-state index contributed by atoms with van der Waals surface area (Å²) < 4.78 is 5.75. The van der Waals surface area contributed by atoms with Gasteiger partial charge in [-0.05, 0) is 36.6 Å². The first-order chi connectivity index (χ1) is 15.4. The van der Waals surface area contributed by atoms with E-state index in [1.54, 1.807) is 24.2 Å². The summed E-state index contributed by atoms with van der Waals surface area (Å²) in [7, 11) is 0. The molecule has 1 aliphatic rings. The van der Waals surface area contributed by atoms with Crippen molar-refractivity contribution in [2.24, 2.45) is 0 Å². The molecule has 158 valence electrons. The third-order valence-electron chi connectivity index (χ3n) is 5.66. The average molecular weight is 432 g/mol. The van der Waals surface area contributed by atoms with Crippen LogP contribution in [-0.4, -0.2) is 58.6 Å². The summed E-state index contributed by atoms with van der Waals surface area (Å²) in [6.45, 7) is 5.43. The standard InChI is InChI=1S/C24H25N5OS/c1-2-7-21-19(5-1)6-3-8-22(21)29-16-14-28(15-17-29)13-4-18-31-24-27-26-23(30-24)20-9-11-25-12-10-20/h1-3,5-12H,4,13-18H2. The third kappa shape index (κ3) is 4.73. The first kappa shape index (κ1) is 20.0. The molecule has 7 heteroatoms. The van der Waals surface area contributed by atoms with Crippen LogP contribution in [0.15, 0.2) is 76.6 Å². The Hall–Kier alpha value is -2.90. The minimum atomic E-state index is 0.550. The van der Waals surface area contributed by atoms with Crippen LogP contribution in [0.25, 0.3) is 22.2 Å². The zero-order chi connectivity index (χ0) is 20.9. The molecule has 6 nitrogen and oxygen atoms in total. The highest BCUT2D eigenvalue weighted by molar-refractivity contribution is 7.99. The molecule has 0 radical (unpaired) electrons. The van der Waals surface area contributed by atoms with Gasteiger partial charge in [-0.25, -0.2) is 0 Å². The van der Waals surface area contributed by atoms with Gasteiger partial charge in [-0.15, -0.1) is 10.2 Å². The number of nitrogens with zero attached hydrogens (tertiary/aromatic N) is 5. The van der Waals surface area contributed by atoms with Crippen molar-refractivity contribution in [2.45, 2.75) is 11.6 Å². The van der Waals surface area contributed by atoms with Gasteiger partial charge in [0.05, 0.1) is 0 Å². The van der Waals surface area contributed by atoms with Crippen LogP contribution >= 0.6 is 11.8 Å². The molecule has 4 aromatic rings. The largest absolute Gasteiger partial charge is 0.411 e. The lowest BCUT2D eigenvalue weighted by Gasteiger charge is -2.36. The van der Waals surface area contributed by atoms with E-state index in [1.165, 1.54) is 16.5 Å². The molecule has 0 N–H and O–H groups in total. The smallest absolute Gasteiger partial charge is 0.276 e. The summed E-state index contributed by atoms with van der Waals surface area (Å²) in [5.41, 5.74) is 2.26. The van der Waals surface area contributed by atoms with Gasteiger partial charge in [0.1, 0.15) is 0 Å². The molecular formula is C24H25N5OS. The van der Waals surface area contributed by atoms with E-state index in [9.17, 15) is 0 Å². The van der Waals surface area contributed by atoms with E-state index >= 15 is 0 Å². The molecule has 0 atom stereocenters. The van der Waals surface area contributed by atoms with Gasteiger partial charge in [-0.1, -0.05) is 48.2 Å². The predicted molar refractivity (Wildman–Crippen MR) is 125 cm³/mol. The topological polar surface area (TPSA) is 58.3 Å². The number of rotatable bonds is 7. The molecule has 0 saturated carbocycles. The molecule has 0 spiro atoms. The summed E-state index contributed by atoms with van der Waals surface area (Å²) in [5, 5.41) is 11.6. The van der Waals surface area contributed by atoms with E-state index in [1.807, 2.05) is 12.1 Å². The van der Waals surface area contributed by atoms with Gasteiger partial charge >= 0.3 is 0 Å². The Morgan fingerprint density at radius 3 is 2.55 bits per heavy atom. The maximum absolute atomic E-state index is 5.75. The number of piperazine rings is 1. The Bertz CT molecular complexity index is 1120. The molecule has 0 unspecified atom stereocenters. The van der Waals surface area contributed by atoms with Crippen LogP contribution in [0.1, 0.15) is 6.42 Å². The molecule has 0 aliphatic carbocycles. The molecule has 1 saturated heterocycles. The maximum atomic E-state index is 5.75. The quantitative estimate of drug-likeness (QED) is 0.313. The fourth-order valence-electron chi connectivity index (χ4n) is 4.02. The zero-order valence-corrected chi connectivity index (χ0v) is 18.2. The number of fused-ring (bicyclic) bond motifs is 1. The van der Waals surface area contributed by atoms with Gasteiger partial charge in [-0.2, -0.15) is 0 Å². The van der Waals surface area contributed by atoms with Crippen LogP contribution in [0.3, 0.4) is 0 Å². The number of pyridine rings is 1. The molecule has 2 aromatic heterocycles. The van der Waals surface area contributed by atoms with E-state index in [4.69, 9.17) is 4.42 Å². The van der Waals surface area contributed by atoms with Crippen molar-refractivity contribution in [2.75, 3.05) is 43.4 Å². The van der Waals surface area contributed by atoms with E-state index < -0.39 is 0 Å². The van der Waals surface area contributed by atoms with Gasteiger partial charge in [-0.3, -0.25) is 9.88 Å². The second kappa shape index (κ2) is 9.49. The van der Waals surface area contributed by atoms with Crippen LogP contribution in [0.4, 0.5) is 5.69 Å².